The summed E-state index contributed by atoms with van der Waals surface area (Å²) in [6, 6.07) is 10.3. The number of hydrogen-bond acceptors (Lipinski definition) is 2. The van der Waals surface area contributed by atoms with Crippen LogP contribution < -0.4 is 0 Å². The third-order valence-corrected chi connectivity index (χ3v) is 3.54. The van der Waals surface area contributed by atoms with Crippen molar-refractivity contribution in [2.75, 3.05) is 0 Å². The zero-order chi connectivity index (χ0) is 16.2. The van der Waals surface area contributed by atoms with Crippen molar-refractivity contribution in [2.45, 2.75) is 20.4 Å². The van der Waals surface area contributed by atoms with Crippen LogP contribution in [0, 0.1) is 31.5 Å². The van der Waals surface area contributed by atoms with E-state index in [-0.39, 0.29) is 5.82 Å². The van der Waals surface area contributed by atoms with Gasteiger partial charge in [-0.1, -0.05) is 18.1 Å². The number of benzene rings is 1. The third-order valence-electron chi connectivity index (χ3n) is 3.54. The maximum Gasteiger partial charge on any atom is 0.123 e. The van der Waals surface area contributed by atoms with Crippen molar-refractivity contribution in [3.63, 3.8) is 0 Å². The molecule has 0 fully saturated rings. The Labute approximate surface area is 134 Å². The van der Waals surface area contributed by atoms with Crippen LogP contribution in [0.15, 0.2) is 48.8 Å². The van der Waals surface area contributed by atoms with Crippen LogP contribution in [0.5, 0.6) is 0 Å². The Bertz CT molecular complexity index is 883. The van der Waals surface area contributed by atoms with Crippen LogP contribution in [0.4, 0.5) is 4.39 Å². The Balaban J connectivity index is 1.89. The van der Waals surface area contributed by atoms with Gasteiger partial charge in [-0.05, 0) is 49.6 Å². The highest BCUT2D eigenvalue weighted by Crippen LogP contribution is 2.10. The van der Waals surface area contributed by atoms with E-state index in [0.29, 0.717) is 6.54 Å². The van der Waals surface area contributed by atoms with Crippen LogP contribution in [-0.2, 0) is 6.54 Å². The molecule has 3 rings (SSSR count). The minimum atomic E-state index is -0.232. The molecule has 0 amide bonds. The number of pyridine rings is 1. The molecule has 0 saturated heterocycles. The third kappa shape index (κ3) is 3.64. The van der Waals surface area contributed by atoms with Gasteiger partial charge in [0, 0.05) is 24.0 Å². The van der Waals surface area contributed by atoms with E-state index in [0.717, 1.165) is 28.3 Å². The Morgan fingerprint density at radius 2 is 1.83 bits per heavy atom. The molecule has 0 aliphatic rings. The van der Waals surface area contributed by atoms with Gasteiger partial charge in [-0.15, -0.1) is 0 Å². The average Bonchev–Trinajstić information content (AvgIpc) is 2.88. The first-order valence-electron chi connectivity index (χ1n) is 7.33. The molecule has 0 aliphatic heterocycles. The summed E-state index contributed by atoms with van der Waals surface area (Å²) in [7, 11) is 0. The molecule has 1 aromatic carbocycles. The molecule has 0 atom stereocenters. The van der Waals surface area contributed by atoms with E-state index < -0.39 is 0 Å². The normalized spacial score (nSPS) is 10.2. The molecule has 3 nitrogen and oxygen atoms in total. The second-order valence-electron chi connectivity index (χ2n) is 5.34. The number of rotatable bonds is 2. The van der Waals surface area contributed by atoms with Crippen LogP contribution in [0.25, 0.3) is 0 Å². The molecule has 2 heterocycles. The van der Waals surface area contributed by atoms with Gasteiger partial charge >= 0.3 is 0 Å². The quantitative estimate of drug-likeness (QED) is 0.679. The summed E-state index contributed by atoms with van der Waals surface area (Å²) < 4.78 is 15.0. The highest BCUT2D eigenvalue weighted by Gasteiger charge is 2.05. The first-order chi connectivity index (χ1) is 11.1. The summed E-state index contributed by atoms with van der Waals surface area (Å²) in [5.74, 6) is 6.94. The van der Waals surface area contributed by atoms with E-state index in [9.17, 15) is 4.39 Å². The smallest absolute Gasteiger partial charge is 0.123 e. The number of hydrogen-bond donors (Lipinski definition) is 0. The molecule has 0 aliphatic carbocycles. The lowest BCUT2D eigenvalue weighted by molar-refractivity contribution is 0.626. The molecule has 23 heavy (non-hydrogen) atoms. The Kier molecular flexibility index (Phi) is 4.20. The molecular weight excluding hydrogens is 289 g/mol. The summed E-state index contributed by atoms with van der Waals surface area (Å²) in [5, 5.41) is 0. The lowest BCUT2D eigenvalue weighted by Crippen LogP contribution is -2.04. The largest absolute Gasteiger partial charge is 0.317 e. The lowest BCUT2D eigenvalue weighted by atomic mass is 10.2. The van der Waals surface area contributed by atoms with Crippen molar-refractivity contribution in [1.29, 1.82) is 0 Å². The fourth-order valence-corrected chi connectivity index (χ4v) is 2.30. The average molecular weight is 305 g/mol. The van der Waals surface area contributed by atoms with E-state index in [1.54, 1.807) is 24.5 Å². The molecule has 0 saturated carbocycles. The van der Waals surface area contributed by atoms with Gasteiger partial charge in [-0.25, -0.2) is 9.37 Å². The van der Waals surface area contributed by atoms with Crippen molar-refractivity contribution in [3.8, 4) is 11.8 Å². The second kappa shape index (κ2) is 6.45. The molecule has 2 aromatic heterocycles. The van der Waals surface area contributed by atoms with Crippen LogP contribution in [0.2, 0.25) is 0 Å². The van der Waals surface area contributed by atoms with Crippen molar-refractivity contribution >= 4 is 0 Å². The molecule has 0 unspecified atom stereocenters. The summed E-state index contributed by atoms with van der Waals surface area (Å²) in [5.41, 5.74) is 3.70. The van der Waals surface area contributed by atoms with Gasteiger partial charge in [0.2, 0.25) is 0 Å². The van der Waals surface area contributed by atoms with Crippen LogP contribution in [0.1, 0.15) is 28.3 Å². The predicted octanol–water partition coefficient (Wildman–Crippen LogP) is 3.48. The van der Waals surface area contributed by atoms with E-state index >= 15 is 0 Å². The van der Waals surface area contributed by atoms with Crippen molar-refractivity contribution in [2.24, 2.45) is 0 Å². The lowest BCUT2D eigenvalue weighted by Gasteiger charge is -2.07. The maximum absolute atomic E-state index is 13.0. The zero-order valence-corrected chi connectivity index (χ0v) is 13.0. The van der Waals surface area contributed by atoms with Crippen molar-refractivity contribution < 1.29 is 4.39 Å². The van der Waals surface area contributed by atoms with Crippen LogP contribution in [-0.4, -0.2) is 14.5 Å². The second-order valence-corrected chi connectivity index (χ2v) is 5.34. The monoisotopic (exact) mass is 305 g/mol. The predicted molar refractivity (Wildman–Crippen MR) is 87.4 cm³/mol. The van der Waals surface area contributed by atoms with Crippen LogP contribution >= 0.6 is 0 Å². The molecule has 3 aromatic rings. The van der Waals surface area contributed by atoms with Gasteiger partial charge in [0.25, 0.3) is 0 Å². The Hall–Kier alpha value is -2.93. The van der Waals surface area contributed by atoms with E-state index in [2.05, 4.69) is 21.8 Å². The molecule has 0 N–H and O–H groups in total. The zero-order valence-electron chi connectivity index (χ0n) is 13.0. The highest BCUT2D eigenvalue weighted by atomic mass is 19.1. The van der Waals surface area contributed by atoms with Gasteiger partial charge in [0.1, 0.15) is 17.3 Å². The number of aromatic nitrogens is 3. The Morgan fingerprint density at radius 3 is 2.57 bits per heavy atom. The fourth-order valence-electron chi connectivity index (χ4n) is 2.30. The van der Waals surface area contributed by atoms with Crippen molar-refractivity contribution in [1.82, 2.24) is 14.5 Å². The highest BCUT2D eigenvalue weighted by molar-refractivity contribution is 5.40. The summed E-state index contributed by atoms with van der Waals surface area (Å²) in [4.78, 5) is 8.50. The fraction of sp³-hybridized carbons (Fsp3) is 0.158. The minimum Gasteiger partial charge on any atom is -0.317 e. The molecule has 4 heteroatoms. The van der Waals surface area contributed by atoms with Gasteiger partial charge in [-0.3, -0.25) is 4.98 Å². The molecular formula is C19H16FN3. The van der Waals surface area contributed by atoms with E-state index in [1.165, 1.54) is 12.1 Å². The SMILES string of the molecule is Cc1cc(C#Cc2cnc(C)n2Cc2ccc(F)cc2)ccn1. The maximum atomic E-state index is 13.0. The standard InChI is InChI=1S/C19H16FN3/c1-14-11-16(9-10-21-14)5-8-19-12-22-15(2)23(19)13-17-3-6-18(20)7-4-17/h3-4,6-7,9-12H,13H2,1-2H3. The van der Waals surface area contributed by atoms with Gasteiger partial charge in [0.05, 0.1) is 6.20 Å². The van der Waals surface area contributed by atoms with Gasteiger partial charge in [0.15, 0.2) is 0 Å². The number of nitrogens with zero attached hydrogens (tertiary/aromatic N) is 3. The van der Waals surface area contributed by atoms with E-state index in [1.807, 2.05) is 30.5 Å². The number of aryl methyl sites for hydroxylation is 2. The van der Waals surface area contributed by atoms with Gasteiger partial charge in [-0.2, -0.15) is 0 Å². The Morgan fingerprint density at radius 1 is 1.04 bits per heavy atom. The number of imidazole rings is 1. The topological polar surface area (TPSA) is 30.7 Å². The summed E-state index contributed by atoms with van der Waals surface area (Å²) in [6.07, 6.45) is 3.51. The number of halogens is 1. The molecule has 114 valence electrons. The first-order valence-corrected chi connectivity index (χ1v) is 7.33. The molecule has 0 spiro atoms. The summed E-state index contributed by atoms with van der Waals surface area (Å²) >= 11 is 0. The molecule has 0 radical (unpaired) electrons. The minimum absolute atomic E-state index is 0.232. The van der Waals surface area contributed by atoms with E-state index in [4.69, 9.17) is 0 Å². The summed E-state index contributed by atoms with van der Waals surface area (Å²) in [6.45, 7) is 4.49. The van der Waals surface area contributed by atoms with Gasteiger partial charge < -0.3 is 4.57 Å². The van der Waals surface area contributed by atoms with Crippen molar-refractivity contribution in [3.05, 3.63) is 82.9 Å². The molecule has 0 bridgehead atoms. The van der Waals surface area contributed by atoms with Crippen LogP contribution in [0.3, 0.4) is 0 Å². The first kappa shape index (κ1) is 15.0.